The van der Waals surface area contributed by atoms with Gasteiger partial charge in [0.2, 0.25) is 11.5 Å². The molecule has 2 aliphatic carbocycles. The molecule has 0 bridgehead atoms. The highest BCUT2D eigenvalue weighted by atomic mass is 28.4. The van der Waals surface area contributed by atoms with E-state index in [1.54, 1.807) is 12.1 Å². The zero-order valence-corrected chi connectivity index (χ0v) is 36.6. The quantitative estimate of drug-likeness (QED) is 0.0646. The Morgan fingerprint density at radius 3 is 2.37 bits per heavy atom. The Balaban J connectivity index is 0.974. The van der Waals surface area contributed by atoms with E-state index in [0.717, 1.165) is 85.6 Å². The van der Waals surface area contributed by atoms with Crippen molar-refractivity contribution in [3.63, 3.8) is 0 Å². The number of phenolic OH excluding ortho intramolecular Hbond substituents is 1. The van der Waals surface area contributed by atoms with Crippen LogP contribution in [0.4, 0.5) is 10.5 Å². The van der Waals surface area contributed by atoms with Gasteiger partial charge in [-0.1, -0.05) is 69.3 Å². The van der Waals surface area contributed by atoms with E-state index in [-0.39, 0.29) is 46.5 Å². The number of hydrogen-bond donors (Lipinski definition) is 6. The van der Waals surface area contributed by atoms with E-state index in [1.807, 2.05) is 48.5 Å². The fourth-order valence-electron chi connectivity index (χ4n) is 8.19. The first-order valence-electron chi connectivity index (χ1n) is 21.6. The molecule has 1 aromatic heterocycles. The molecule has 0 saturated heterocycles. The zero-order valence-electron chi connectivity index (χ0n) is 35.6. The van der Waals surface area contributed by atoms with E-state index < -0.39 is 14.4 Å². The number of phenols is 1. The third-order valence-corrected chi connectivity index (χ3v) is 17.2. The number of benzene rings is 3. The van der Waals surface area contributed by atoms with E-state index >= 15 is 0 Å². The van der Waals surface area contributed by atoms with Crippen molar-refractivity contribution in [2.24, 2.45) is 11.7 Å². The van der Waals surface area contributed by atoms with E-state index in [9.17, 15) is 19.5 Å². The van der Waals surface area contributed by atoms with Crippen LogP contribution < -0.4 is 27.2 Å². The summed E-state index contributed by atoms with van der Waals surface area (Å²) in [6.45, 7) is 12.6. The van der Waals surface area contributed by atoms with Crippen LogP contribution in [0.2, 0.25) is 18.1 Å². The first-order valence-corrected chi connectivity index (χ1v) is 24.5. The smallest absolute Gasteiger partial charge is 0.411 e. The van der Waals surface area contributed by atoms with Gasteiger partial charge in [-0.25, -0.2) is 4.79 Å². The Bertz CT molecular complexity index is 2080. The van der Waals surface area contributed by atoms with Gasteiger partial charge in [0, 0.05) is 42.1 Å². The van der Waals surface area contributed by atoms with Gasteiger partial charge < -0.3 is 35.6 Å². The first kappa shape index (κ1) is 44.1. The molecule has 2 saturated carbocycles. The maximum absolute atomic E-state index is 13.1. The van der Waals surface area contributed by atoms with Crippen LogP contribution in [0.5, 0.6) is 5.75 Å². The molecule has 0 spiro atoms. The van der Waals surface area contributed by atoms with Crippen LogP contribution in [0.1, 0.15) is 102 Å². The van der Waals surface area contributed by atoms with Crippen LogP contribution in [0.15, 0.2) is 77.6 Å². The number of aromatic nitrogens is 1. The molecular weight excluding hydrogens is 759 g/mol. The van der Waals surface area contributed by atoms with Gasteiger partial charge in [0.15, 0.2) is 8.32 Å². The maximum atomic E-state index is 13.1. The number of ether oxygens (including phenoxy) is 1. The average Bonchev–Trinajstić information content (AvgIpc) is 3.19. The second-order valence-corrected chi connectivity index (χ2v) is 23.0. The van der Waals surface area contributed by atoms with Crippen molar-refractivity contribution >= 4 is 36.9 Å². The fourth-order valence-corrected chi connectivity index (χ4v) is 9.46. The number of pyridine rings is 1. The van der Waals surface area contributed by atoms with E-state index in [0.29, 0.717) is 42.9 Å². The lowest BCUT2D eigenvalue weighted by Crippen LogP contribution is -2.44. The summed E-state index contributed by atoms with van der Waals surface area (Å²) >= 11 is 0. The predicted molar refractivity (Wildman–Crippen MR) is 239 cm³/mol. The highest BCUT2D eigenvalue weighted by molar-refractivity contribution is 6.74. The Kier molecular flexibility index (Phi) is 14.7. The molecule has 59 heavy (non-hydrogen) atoms. The van der Waals surface area contributed by atoms with Crippen LogP contribution >= 0.6 is 0 Å². The molecule has 4 aromatic rings. The number of nitrogens with two attached hydrogens (primary N) is 1. The summed E-state index contributed by atoms with van der Waals surface area (Å²) in [4.78, 5) is 41.0. The highest BCUT2D eigenvalue weighted by Crippen LogP contribution is 2.41. The van der Waals surface area contributed by atoms with Gasteiger partial charge in [0.25, 0.3) is 0 Å². The third kappa shape index (κ3) is 12.1. The standard InChI is InChI=1S/C47H65N5O6Si/c1-47(2,3)59(4,5)58-42(38-24-26-41(53)45-39(38)25-27-44(55)52-45)30-49-29-32-14-19-35(20-15-32)50-43(54)13-9-10-31-16-23-37(33-11-7-6-8-12-33)40(28-31)51-46(56)57-36-21-17-34(48)18-22-36/h6-8,11-12,16,23-28,32,34-36,42,49,53H,9-10,13-15,17-22,29-30,48H2,1-5H3,(H,50,54)(H,51,56)(H,52,55)/t32?,34?,35?,36?,42-/m0/s1. The predicted octanol–water partition coefficient (Wildman–Crippen LogP) is 9.07. The monoisotopic (exact) mass is 823 g/mol. The summed E-state index contributed by atoms with van der Waals surface area (Å²) in [5.41, 5.74) is 10.8. The number of anilines is 1. The zero-order chi connectivity index (χ0) is 42.2. The Hall–Kier alpha value is -4.49. The second kappa shape index (κ2) is 19.7. The van der Waals surface area contributed by atoms with Crippen molar-refractivity contribution in [2.75, 3.05) is 18.4 Å². The molecule has 1 atom stereocenters. The van der Waals surface area contributed by atoms with Gasteiger partial charge in [-0.05, 0) is 130 Å². The van der Waals surface area contributed by atoms with Crippen molar-refractivity contribution in [1.29, 1.82) is 0 Å². The molecule has 3 aromatic carbocycles. The molecule has 2 aliphatic rings. The Morgan fingerprint density at radius 2 is 1.66 bits per heavy atom. The van der Waals surface area contributed by atoms with Gasteiger partial charge in [-0.3, -0.25) is 14.9 Å². The fraction of sp³-hybridized carbons (Fsp3) is 0.511. The summed E-state index contributed by atoms with van der Waals surface area (Å²) in [6.07, 6.45) is 8.23. The number of aryl methyl sites for hydroxylation is 1. The number of carbonyl (C=O) groups is 2. The number of fused-ring (bicyclic) bond motifs is 1. The summed E-state index contributed by atoms with van der Waals surface area (Å²) in [6, 6.07) is 23.3. The van der Waals surface area contributed by atoms with Gasteiger partial charge in [0.1, 0.15) is 11.9 Å². The van der Waals surface area contributed by atoms with Crippen molar-refractivity contribution in [2.45, 2.75) is 134 Å². The minimum absolute atomic E-state index is 0.00560. The Morgan fingerprint density at radius 1 is 0.932 bits per heavy atom. The SMILES string of the molecule is CC(C)(C)[Si](C)(C)O[C@@H](CNCC1CCC(NC(=O)CCCc2ccc(-c3ccccc3)c(NC(=O)OC3CCC(N)CC3)c2)CC1)c1ccc(O)c2[nH]c(=O)ccc12. The molecule has 318 valence electrons. The summed E-state index contributed by atoms with van der Waals surface area (Å²) in [7, 11) is -2.18. The minimum atomic E-state index is -2.18. The molecule has 1 heterocycles. The molecule has 7 N–H and O–H groups in total. The van der Waals surface area contributed by atoms with Gasteiger partial charge >= 0.3 is 6.09 Å². The molecule has 11 nitrogen and oxygen atoms in total. The molecule has 0 unspecified atom stereocenters. The number of carbonyl (C=O) groups excluding carboxylic acids is 2. The van der Waals surface area contributed by atoms with Crippen LogP contribution in [0, 0.1) is 5.92 Å². The van der Waals surface area contributed by atoms with Crippen LogP contribution in [-0.2, 0) is 20.4 Å². The van der Waals surface area contributed by atoms with Gasteiger partial charge in [-0.2, -0.15) is 0 Å². The van der Waals surface area contributed by atoms with Crippen LogP contribution in [-0.4, -0.2) is 61.7 Å². The number of aromatic amines is 1. The molecule has 2 fully saturated rings. The van der Waals surface area contributed by atoms with Crippen molar-refractivity contribution in [1.82, 2.24) is 15.6 Å². The third-order valence-electron chi connectivity index (χ3n) is 12.7. The van der Waals surface area contributed by atoms with Crippen LogP contribution in [0.25, 0.3) is 22.0 Å². The van der Waals surface area contributed by atoms with Crippen LogP contribution in [0.3, 0.4) is 0 Å². The maximum Gasteiger partial charge on any atom is 0.411 e. The summed E-state index contributed by atoms with van der Waals surface area (Å²) in [5.74, 6) is 0.612. The molecular formula is C47H65N5O6Si. The van der Waals surface area contributed by atoms with Gasteiger partial charge in [-0.15, -0.1) is 0 Å². The lowest BCUT2D eigenvalue weighted by atomic mass is 9.86. The number of amides is 2. The lowest BCUT2D eigenvalue weighted by molar-refractivity contribution is -0.122. The van der Waals surface area contributed by atoms with E-state index in [2.05, 4.69) is 60.9 Å². The van der Waals surface area contributed by atoms with Crippen molar-refractivity contribution < 1.29 is 23.9 Å². The average molecular weight is 824 g/mol. The topological polar surface area (TPSA) is 168 Å². The molecule has 0 radical (unpaired) electrons. The molecule has 2 amide bonds. The van der Waals surface area contributed by atoms with Gasteiger partial charge in [0.05, 0.1) is 17.3 Å². The van der Waals surface area contributed by atoms with E-state index in [1.165, 1.54) is 6.07 Å². The van der Waals surface area contributed by atoms with Crippen molar-refractivity contribution in [3.05, 3.63) is 94.3 Å². The highest BCUT2D eigenvalue weighted by Gasteiger charge is 2.40. The number of nitrogens with one attached hydrogen (secondary N) is 4. The number of aromatic hydroxyl groups is 1. The largest absolute Gasteiger partial charge is 0.506 e. The number of H-pyrrole nitrogens is 1. The normalized spacial score (nSPS) is 20.5. The number of hydrogen-bond acceptors (Lipinski definition) is 8. The van der Waals surface area contributed by atoms with Crippen molar-refractivity contribution in [3.8, 4) is 16.9 Å². The minimum Gasteiger partial charge on any atom is -0.506 e. The summed E-state index contributed by atoms with van der Waals surface area (Å²) in [5, 5.41) is 21.3. The van der Waals surface area contributed by atoms with E-state index in [4.69, 9.17) is 14.9 Å². The second-order valence-electron chi connectivity index (χ2n) is 18.3. The summed E-state index contributed by atoms with van der Waals surface area (Å²) < 4.78 is 12.8. The molecule has 6 rings (SSSR count). The lowest BCUT2D eigenvalue weighted by Gasteiger charge is -2.40. The molecule has 0 aliphatic heterocycles. The Labute approximate surface area is 350 Å². The number of rotatable bonds is 15. The first-order chi connectivity index (χ1) is 28.1. The molecule has 12 heteroatoms.